The minimum Gasteiger partial charge on any atom is -0.387 e. The van der Waals surface area contributed by atoms with Crippen LogP contribution in [0.5, 0.6) is 0 Å². The number of aliphatic hydroxyl groups excluding tert-OH is 1. The number of imidazole rings is 1. The highest BCUT2D eigenvalue weighted by Crippen LogP contribution is 2.24. The molecule has 1 N–H and O–H groups in total. The Bertz CT molecular complexity index is 847. The zero-order valence-corrected chi connectivity index (χ0v) is 14.1. The van der Waals surface area contributed by atoms with Crippen LogP contribution in [-0.4, -0.2) is 19.6 Å². The van der Waals surface area contributed by atoms with Crippen LogP contribution < -0.4 is 0 Å². The van der Waals surface area contributed by atoms with Gasteiger partial charge in [0.05, 0.1) is 12.6 Å². The second-order valence-corrected chi connectivity index (χ2v) is 5.99. The standard InChI is InChI=1S/C17H14BrN3O3/c18-17-19-16(21(23)24)11-20(17)10-15(22)14-8-6-13(7-9-14)12-4-2-1-3-5-12/h1-9,11,15,22H,10H2. The second-order valence-electron chi connectivity index (χ2n) is 5.28. The third-order valence-electron chi connectivity index (χ3n) is 3.67. The van der Waals surface area contributed by atoms with Crippen LogP contribution in [-0.2, 0) is 6.54 Å². The van der Waals surface area contributed by atoms with Gasteiger partial charge in [-0.15, -0.1) is 0 Å². The van der Waals surface area contributed by atoms with Gasteiger partial charge in [-0.05, 0) is 26.6 Å². The summed E-state index contributed by atoms with van der Waals surface area (Å²) < 4.78 is 1.82. The van der Waals surface area contributed by atoms with Crippen molar-refractivity contribution in [3.63, 3.8) is 0 Å². The van der Waals surface area contributed by atoms with Crippen molar-refractivity contribution in [2.45, 2.75) is 12.6 Å². The molecule has 122 valence electrons. The summed E-state index contributed by atoms with van der Waals surface area (Å²) in [4.78, 5) is 14.0. The maximum absolute atomic E-state index is 10.7. The van der Waals surface area contributed by atoms with E-state index in [2.05, 4.69) is 20.9 Å². The minimum absolute atomic E-state index is 0.173. The Morgan fingerprint density at radius 2 is 1.75 bits per heavy atom. The van der Waals surface area contributed by atoms with Crippen molar-refractivity contribution in [2.24, 2.45) is 0 Å². The number of rotatable bonds is 5. The van der Waals surface area contributed by atoms with E-state index >= 15 is 0 Å². The zero-order chi connectivity index (χ0) is 17.1. The molecule has 0 aliphatic heterocycles. The number of nitro groups is 1. The Hall–Kier alpha value is -2.51. The summed E-state index contributed by atoms with van der Waals surface area (Å²) in [6.07, 6.45) is 0.506. The molecule has 3 aromatic rings. The lowest BCUT2D eigenvalue weighted by Gasteiger charge is -2.12. The van der Waals surface area contributed by atoms with Crippen LogP contribution in [0.3, 0.4) is 0 Å². The highest BCUT2D eigenvalue weighted by atomic mass is 79.9. The summed E-state index contributed by atoms with van der Waals surface area (Å²) in [6, 6.07) is 17.5. The number of halogens is 1. The number of hydrogen-bond acceptors (Lipinski definition) is 4. The average Bonchev–Trinajstić information content (AvgIpc) is 2.97. The van der Waals surface area contributed by atoms with E-state index in [4.69, 9.17) is 0 Å². The van der Waals surface area contributed by atoms with E-state index in [1.54, 1.807) is 0 Å². The molecule has 1 aromatic heterocycles. The molecule has 0 aliphatic rings. The first-order valence-corrected chi connectivity index (χ1v) is 8.04. The summed E-state index contributed by atoms with van der Waals surface area (Å²) in [5, 5.41) is 21.1. The van der Waals surface area contributed by atoms with Crippen molar-refractivity contribution in [3.05, 3.63) is 81.2 Å². The maximum Gasteiger partial charge on any atom is 0.382 e. The topological polar surface area (TPSA) is 81.2 Å². The van der Waals surface area contributed by atoms with Crippen molar-refractivity contribution >= 4 is 21.7 Å². The van der Waals surface area contributed by atoms with Gasteiger partial charge in [-0.2, -0.15) is 0 Å². The zero-order valence-electron chi connectivity index (χ0n) is 12.5. The van der Waals surface area contributed by atoms with Crippen LogP contribution >= 0.6 is 15.9 Å². The first-order chi connectivity index (χ1) is 11.5. The summed E-state index contributed by atoms with van der Waals surface area (Å²) in [6.45, 7) is 0.173. The number of aromatic nitrogens is 2. The molecule has 0 aliphatic carbocycles. The molecule has 7 heteroatoms. The van der Waals surface area contributed by atoms with Gasteiger partial charge in [0.25, 0.3) is 4.73 Å². The molecule has 0 spiro atoms. The van der Waals surface area contributed by atoms with Crippen molar-refractivity contribution < 1.29 is 10.0 Å². The van der Waals surface area contributed by atoms with E-state index < -0.39 is 11.0 Å². The summed E-state index contributed by atoms with van der Waals surface area (Å²) in [7, 11) is 0. The molecule has 2 aromatic carbocycles. The molecule has 1 atom stereocenters. The van der Waals surface area contributed by atoms with Gasteiger partial charge in [0.1, 0.15) is 6.20 Å². The number of nitrogens with zero attached hydrogens (tertiary/aromatic N) is 3. The fourth-order valence-electron chi connectivity index (χ4n) is 2.42. The van der Waals surface area contributed by atoms with E-state index in [0.717, 1.165) is 16.7 Å². The molecule has 0 bridgehead atoms. The van der Waals surface area contributed by atoms with Crippen molar-refractivity contribution in [1.29, 1.82) is 0 Å². The van der Waals surface area contributed by atoms with Crippen LogP contribution in [0.1, 0.15) is 11.7 Å². The van der Waals surface area contributed by atoms with E-state index in [1.807, 2.05) is 54.6 Å². The minimum atomic E-state index is -0.792. The number of aliphatic hydroxyl groups is 1. The molecule has 3 rings (SSSR count). The van der Waals surface area contributed by atoms with Crippen LogP contribution in [0.15, 0.2) is 65.5 Å². The first kappa shape index (κ1) is 16.4. The summed E-state index contributed by atoms with van der Waals surface area (Å²) in [5.41, 5.74) is 2.90. The highest BCUT2D eigenvalue weighted by Gasteiger charge is 2.19. The highest BCUT2D eigenvalue weighted by molar-refractivity contribution is 9.10. The van der Waals surface area contributed by atoms with E-state index in [1.165, 1.54) is 10.8 Å². The largest absolute Gasteiger partial charge is 0.387 e. The third kappa shape index (κ3) is 3.52. The molecule has 1 unspecified atom stereocenters. The van der Waals surface area contributed by atoms with Crippen molar-refractivity contribution in [1.82, 2.24) is 9.55 Å². The normalized spacial score (nSPS) is 12.1. The summed E-state index contributed by atoms with van der Waals surface area (Å²) >= 11 is 3.16. The predicted molar refractivity (Wildman–Crippen MR) is 93.4 cm³/mol. The maximum atomic E-state index is 10.7. The molecule has 1 heterocycles. The van der Waals surface area contributed by atoms with E-state index in [-0.39, 0.29) is 12.4 Å². The average molecular weight is 388 g/mol. The molecule has 0 fully saturated rings. The Morgan fingerprint density at radius 3 is 2.33 bits per heavy atom. The van der Waals surface area contributed by atoms with E-state index in [0.29, 0.717) is 4.73 Å². The van der Waals surface area contributed by atoms with Crippen LogP contribution in [0.4, 0.5) is 5.82 Å². The van der Waals surface area contributed by atoms with Gasteiger partial charge < -0.3 is 15.2 Å². The lowest BCUT2D eigenvalue weighted by molar-refractivity contribution is -0.389. The summed E-state index contributed by atoms with van der Waals surface area (Å²) in [5.74, 6) is -0.256. The lowest BCUT2D eigenvalue weighted by Crippen LogP contribution is -2.08. The van der Waals surface area contributed by atoms with Crippen molar-refractivity contribution in [3.8, 4) is 11.1 Å². The molecule has 24 heavy (non-hydrogen) atoms. The quantitative estimate of drug-likeness (QED) is 0.530. The van der Waals surface area contributed by atoms with Gasteiger partial charge in [0, 0.05) is 15.9 Å². The Morgan fingerprint density at radius 1 is 1.12 bits per heavy atom. The number of benzene rings is 2. The van der Waals surface area contributed by atoms with Gasteiger partial charge >= 0.3 is 5.82 Å². The fraction of sp³-hybridized carbons (Fsp3) is 0.118. The molecule has 0 saturated heterocycles. The van der Waals surface area contributed by atoms with Gasteiger partial charge in [0.15, 0.2) is 0 Å². The van der Waals surface area contributed by atoms with Crippen molar-refractivity contribution in [2.75, 3.05) is 0 Å². The molecular formula is C17H14BrN3O3. The molecule has 6 nitrogen and oxygen atoms in total. The molecule has 0 saturated carbocycles. The molecule has 0 amide bonds. The fourth-order valence-corrected chi connectivity index (χ4v) is 2.85. The SMILES string of the molecule is O=[N+]([O-])c1cn(CC(O)c2ccc(-c3ccccc3)cc2)c(Br)n1. The number of hydrogen-bond donors (Lipinski definition) is 1. The van der Waals surface area contributed by atoms with Gasteiger partial charge in [0.2, 0.25) is 0 Å². The first-order valence-electron chi connectivity index (χ1n) is 7.25. The molecular weight excluding hydrogens is 374 g/mol. The van der Waals surface area contributed by atoms with Crippen LogP contribution in [0.2, 0.25) is 0 Å². The molecule has 0 radical (unpaired) electrons. The second kappa shape index (κ2) is 6.94. The monoisotopic (exact) mass is 387 g/mol. The Kier molecular flexibility index (Phi) is 4.73. The lowest BCUT2D eigenvalue weighted by atomic mass is 10.0. The smallest absolute Gasteiger partial charge is 0.382 e. The van der Waals surface area contributed by atoms with Gasteiger partial charge in [-0.25, -0.2) is 0 Å². The van der Waals surface area contributed by atoms with Crippen LogP contribution in [0.25, 0.3) is 11.1 Å². The van der Waals surface area contributed by atoms with Crippen LogP contribution in [0, 0.1) is 10.1 Å². The predicted octanol–water partition coefficient (Wildman–Crippen LogP) is 3.95. The van der Waals surface area contributed by atoms with Gasteiger partial charge in [-0.3, -0.25) is 4.57 Å². The third-order valence-corrected chi connectivity index (χ3v) is 4.31. The Balaban J connectivity index is 1.76. The van der Waals surface area contributed by atoms with Gasteiger partial charge in [-0.1, -0.05) is 54.6 Å². The van der Waals surface area contributed by atoms with E-state index in [9.17, 15) is 15.2 Å². The Labute approximate surface area is 146 Å².